The number of phenols is 1. The minimum atomic E-state index is -0.805. The van der Waals surface area contributed by atoms with Crippen molar-refractivity contribution in [2.45, 2.75) is 50.0 Å². The van der Waals surface area contributed by atoms with Crippen LogP contribution in [0.1, 0.15) is 25.7 Å². The molecule has 0 aliphatic carbocycles. The van der Waals surface area contributed by atoms with Gasteiger partial charge in [0.15, 0.2) is 5.82 Å². The van der Waals surface area contributed by atoms with Crippen LogP contribution in [-0.2, 0) is 0 Å². The van der Waals surface area contributed by atoms with Crippen molar-refractivity contribution in [2.24, 2.45) is 0 Å². The fourth-order valence-corrected chi connectivity index (χ4v) is 7.07. The Morgan fingerprint density at radius 2 is 1.88 bits per heavy atom. The summed E-state index contributed by atoms with van der Waals surface area (Å²) in [6, 6.07) is 12.6. The standard InChI is InChI=1S/C24H20F2N4O2.C7H12FN/c1-32-24-28-22-18(23(29-24)30-11-13-7-14(30)10-27-13)9-19(25)20(21(22)26)17-8-15(31)6-12-4-2-3-5-16(12)17;8-6-4-7-2-1-3-9(7)5-6/h2-6,8-9,13-14,27,31H,7,10-11H2,1H3;6-7H,1-5H2. The van der Waals surface area contributed by atoms with Crippen LogP contribution in [0.25, 0.3) is 32.8 Å². The molecular formula is C31H32F3N5O2. The van der Waals surface area contributed by atoms with E-state index in [-0.39, 0.29) is 34.4 Å². The SMILES string of the molecule is COc1nc(N2CC3CC2CN3)c2cc(F)c(-c3cc(O)cc4ccccc34)c(F)c2n1.FC1CC2CCCN2C1. The smallest absolute Gasteiger partial charge is 0.318 e. The largest absolute Gasteiger partial charge is 0.508 e. The summed E-state index contributed by atoms with van der Waals surface area (Å²) in [7, 11) is 1.42. The van der Waals surface area contributed by atoms with Crippen molar-refractivity contribution in [1.29, 1.82) is 0 Å². The number of halogens is 3. The van der Waals surface area contributed by atoms with Crippen LogP contribution in [0.3, 0.4) is 0 Å². The number of hydrogen-bond donors (Lipinski definition) is 2. The predicted octanol–water partition coefficient (Wildman–Crippen LogP) is 5.19. The zero-order valence-corrected chi connectivity index (χ0v) is 22.8. The van der Waals surface area contributed by atoms with Gasteiger partial charge in [0.25, 0.3) is 0 Å². The second-order valence-electron chi connectivity index (χ2n) is 11.5. The van der Waals surface area contributed by atoms with E-state index >= 15 is 8.78 Å². The van der Waals surface area contributed by atoms with Gasteiger partial charge in [0.2, 0.25) is 0 Å². The quantitative estimate of drug-likeness (QED) is 0.356. The molecule has 2 bridgehead atoms. The molecule has 7 nitrogen and oxygen atoms in total. The van der Waals surface area contributed by atoms with E-state index in [4.69, 9.17) is 4.74 Å². The van der Waals surface area contributed by atoms with Crippen molar-refractivity contribution < 1.29 is 23.0 Å². The van der Waals surface area contributed by atoms with Crippen molar-refractivity contribution in [3.05, 3.63) is 54.1 Å². The molecule has 10 heteroatoms. The highest BCUT2D eigenvalue weighted by Crippen LogP contribution is 2.41. The fraction of sp³-hybridized carbons (Fsp3) is 0.419. The number of ether oxygens (including phenoxy) is 1. The lowest BCUT2D eigenvalue weighted by atomic mass is 9.95. The van der Waals surface area contributed by atoms with Crippen LogP contribution in [0.2, 0.25) is 0 Å². The Labute approximate surface area is 235 Å². The third-order valence-corrected chi connectivity index (χ3v) is 8.93. The van der Waals surface area contributed by atoms with Gasteiger partial charge >= 0.3 is 6.01 Å². The lowest BCUT2D eigenvalue weighted by molar-refractivity contribution is 0.292. The monoisotopic (exact) mass is 563 g/mol. The van der Waals surface area contributed by atoms with E-state index in [1.165, 1.54) is 32.1 Å². The number of alkyl halides is 1. The average Bonchev–Trinajstić information content (AvgIpc) is 3.76. The van der Waals surface area contributed by atoms with E-state index < -0.39 is 17.8 Å². The Bertz CT molecular complexity index is 1620. The van der Waals surface area contributed by atoms with E-state index in [9.17, 15) is 9.50 Å². The predicted molar refractivity (Wildman–Crippen MR) is 152 cm³/mol. The van der Waals surface area contributed by atoms with Crippen molar-refractivity contribution in [3.63, 3.8) is 0 Å². The molecule has 0 saturated carbocycles. The maximum absolute atomic E-state index is 15.9. The number of nitrogens with one attached hydrogen (secondary N) is 1. The van der Waals surface area contributed by atoms with E-state index in [1.807, 2.05) is 6.07 Å². The van der Waals surface area contributed by atoms with Gasteiger partial charge in [0, 0.05) is 43.1 Å². The van der Waals surface area contributed by atoms with Crippen molar-refractivity contribution in [1.82, 2.24) is 20.2 Å². The molecule has 3 aromatic carbocycles. The van der Waals surface area contributed by atoms with Crippen LogP contribution in [0.5, 0.6) is 11.8 Å². The Morgan fingerprint density at radius 3 is 2.63 bits per heavy atom. The number of aromatic nitrogens is 2. The van der Waals surface area contributed by atoms with Gasteiger partial charge in [-0.15, -0.1) is 0 Å². The summed E-state index contributed by atoms with van der Waals surface area (Å²) in [5.74, 6) is -1.13. The molecule has 5 heterocycles. The number of phenolic OH excluding ortho intramolecular Hbond substituents is 1. The van der Waals surface area contributed by atoms with Gasteiger partial charge in [-0.1, -0.05) is 24.3 Å². The fourth-order valence-electron chi connectivity index (χ4n) is 7.07. The molecule has 4 aliphatic rings. The number of nitrogens with zero attached hydrogens (tertiary/aromatic N) is 4. The van der Waals surface area contributed by atoms with Crippen molar-refractivity contribution in [3.8, 4) is 22.9 Å². The summed E-state index contributed by atoms with van der Waals surface area (Å²) in [5, 5.41) is 15.2. The average molecular weight is 564 g/mol. The van der Waals surface area contributed by atoms with Gasteiger partial charge in [-0.2, -0.15) is 9.97 Å². The second-order valence-corrected chi connectivity index (χ2v) is 11.5. The highest BCUT2D eigenvalue weighted by atomic mass is 19.1. The zero-order valence-electron chi connectivity index (χ0n) is 22.8. The van der Waals surface area contributed by atoms with Gasteiger partial charge in [-0.05, 0) is 66.8 Å². The molecule has 4 atom stereocenters. The molecule has 0 spiro atoms. The first-order valence-corrected chi connectivity index (χ1v) is 14.2. The number of fused-ring (bicyclic) bond motifs is 5. The van der Waals surface area contributed by atoms with Crippen LogP contribution < -0.4 is 15.0 Å². The first-order valence-electron chi connectivity index (χ1n) is 14.2. The minimum absolute atomic E-state index is 0.00796. The molecule has 8 rings (SSSR count). The molecule has 4 fully saturated rings. The molecule has 2 N–H and O–H groups in total. The van der Waals surface area contributed by atoms with Crippen molar-refractivity contribution in [2.75, 3.05) is 38.2 Å². The molecule has 1 aromatic heterocycles. The van der Waals surface area contributed by atoms with Gasteiger partial charge in [0.1, 0.15) is 29.1 Å². The van der Waals surface area contributed by atoms with E-state index in [2.05, 4.69) is 25.1 Å². The highest BCUT2D eigenvalue weighted by Gasteiger charge is 2.39. The molecule has 214 valence electrons. The number of rotatable bonds is 3. The van der Waals surface area contributed by atoms with Crippen LogP contribution in [0, 0.1) is 11.6 Å². The van der Waals surface area contributed by atoms with Gasteiger partial charge < -0.3 is 20.1 Å². The summed E-state index contributed by atoms with van der Waals surface area (Å²) >= 11 is 0. The molecule has 0 amide bonds. The summed E-state index contributed by atoms with van der Waals surface area (Å²) in [6.07, 6.45) is 3.78. The first-order chi connectivity index (χ1) is 19.9. The van der Waals surface area contributed by atoms with Gasteiger partial charge in [-0.25, -0.2) is 13.2 Å². The third kappa shape index (κ3) is 4.63. The molecule has 4 aromatic rings. The van der Waals surface area contributed by atoms with Crippen LogP contribution in [0.15, 0.2) is 42.5 Å². The number of aromatic hydroxyl groups is 1. The van der Waals surface area contributed by atoms with Crippen LogP contribution in [-0.4, -0.2) is 77.6 Å². The molecule has 4 aliphatic heterocycles. The Morgan fingerprint density at radius 1 is 1.02 bits per heavy atom. The topological polar surface area (TPSA) is 73.8 Å². The number of hydrogen-bond acceptors (Lipinski definition) is 7. The molecule has 4 unspecified atom stereocenters. The maximum Gasteiger partial charge on any atom is 0.318 e. The minimum Gasteiger partial charge on any atom is -0.508 e. The Balaban J connectivity index is 0.000000260. The van der Waals surface area contributed by atoms with Gasteiger partial charge in [0.05, 0.1) is 12.7 Å². The number of benzene rings is 3. The molecular weight excluding hydrogens is 531 g/mol. The number of piperazine rings is 1. The lowest BCUT2D eigenvalue weighted by Gasteiger charge is -2.29. The molecule has 0 radical (unpaired) electrons. The van der Waals surface area contributed by atoms with Gasteiger partial charge in [-0.3, -0.25) is 4.90 Å². The summed E-state index contributed by atoms with van der Waals surface area (Å²) in [5.41, 5.74) is 0.0216. The number of methoxy groups -OCH3 is 1. The summed E-state index contributed by atoms with van der Waals surface area (Å²) < 4.78 is 49.3. The van der Waals surface area contributed by atoms with E-state index in [0.29, 0.717) is 47.1 Å². The molecule has 41 heavy (non-hydrogen) atoms. The number of anilines is 1. The van der Waals surface area contributed by atoms with Crippen molar-refractivity contribution >= 4 is 27.5 Å². The van der Waals surface area contributed by atoms with E-state index in [1.54, 1.807) is 24.3 Å². The first kappa shape index (κ1) is 26.3. The third-order valence-electron chi connectivity index (χ3n) is 8.93. The van der Waals surface area contributed by atoms with Crippen LogP contribution in [0.4, 0.5) is 19.0 Å². The highest BCUT2D eigenvalue weighted by molar-refractivity contribution is 6.01. The zero-order chi connectivity index (χ0) is 28.2. The van der Waals surface area contributed by atoms with E-state index in [0.717, 1.165) is 25.9 Å². The summed E-state index contributed by atoms with van der Waals surface area (Å²) in [6.45, 7) is 3.37. The second kappa shape index (κ2) is 10.3. The molecule has 4 saturated heterocycles. The Kier molecular flexibility index (Phi) is 6.62. The summed E-state index contributed by atoms with van der Waals surface area (Å²) in [4.78, 5) is 13.1. The normalized spacial score (nSPS) is 25.1. The maximum atomic E-state index is 15.9. The Hall–Kier alpha value is -3.63. The van der Waals surface area contributed by atoms with Crippen LogP contribution >= 0.6 is 0 Å². The lowest BCUT2D eigenvalue weighted by Crippen LogP contribution is -2.44.